The highest BCUT2D eigenvalue weighted by atomic mass is 32.1. The molecule has 1 aliphatic rings. The van der Waals surface area contributed by atoms with Crippen LogP contribution in [0.15, 0.2) is 17.5 Å². The third-order valence-corrected chi connectivity index (χ3v) is 4.57. The standard InChI is InChI=1S/C15H26N2OS/c1-3-5-14(15-6-4-9-19-15)17-12(2)10-13-11-18-8-7-16-13/h4,6,9,12-14,16-17H,3,5,7-8,10-11H2,1-2H3. The van der Waals surface area contributed by atoms with Crippen LogP contribution in [-0.2, 0) is 4.74 Å². The van der Waals surface area contributed by atoms with Gasteiger partial charge in [-0.05, 0) is 31.2 Å². The summed E-state index contributed by atoms with van der Waals surface area (Å²) in [5.41, 5.74) is 0. The van der Waals surface area contributed by atoms with Crippen molar-refractivity contribution in [2.75, 3.05) is 19.8 Å². The van der Waals surface area contributed by atoms with E-state index >= 15 is 0 Å². The molecule has 3 nitrogen and oxygen atoms in total. The first kappa shape index (κ1) is 15.0. The van der Waals surface area contributed by atoms with E-state index in [1.165, 1.54) is 17.7 Å². The van der Waals surface area contributed by atoms with Crippen molar-refractivity contribution >= 4 is 11.3 Å². The summed E-state index contributed by atoms with van der Waals surface area (Å²) in [6.07, 6.45) is 3.55. The van der Waals surface area contributed by atoms with Gasteiger partial charge in [-0.1, -0.05) is 19.4 Å². The Kier molecular flexibility index (Phi) is 6.31. The first-order valence-electron chi connectivity index (χ1n) is 7.40. The Morgan fingerprint density at radius 1 is 1.58 bits per heavy atom. The summed E-state index contributed by atoms with van der Waals surface area (Å²) in [6, 6.07) is 5.90. The van der Waals surface area contributed by atoms with Crippen molar-refractivity contribution in [3.8, 4) is 0 Å². The average Bonchev–Trinajstić information content (AvgIpc) is 2.93. The predicted octanol–water partition coefficient (Wildman–Crippen LogP) is 2.95. The first-order valence-corrected chi connectivity index (χ1v) is 8.28. The van der Waals surface area contributed by atoms with E-state index < -0.39 is 0 Å². The maximum absolute atomic E-state index is 5.52. The molecule has 0 amide bonds. The molecule has 1 fully saturated rings. The lowest BCUT2D eigenvalue weighted by Crippen LogP contribution is -2.45. The number of hydrogen-bond donors (Lipinski definition) is 2. The molecule has 3 unspecified atom stereocenters. The highest BCUT2D eigenvalue weighted by Crippen LogP contribution is 2.24. The first-order chi connectivity index (χ1) is 9.29. The van der Waals surface area contributed by atoms with Crippen LogP contribution in [0.25, 0.3) is 0 Å². The minimum absolute atomic E-state index is 0.502. The van der Waals surface area contributed by atoms with Crippen LogP contribution >= 0.6 is 11.3 Å². The van der Waals surface area contributed by atoms with Crippen molar-refractivity contribution in [1.82, 2.24) is 10.6 Å². The van der Waals surface area contributed by atoms with E-state index in [-0.39, 0.29) is 0 Å². The zero-order valence-electron chi connectivity index (χ0n) is 12.0. The van der Waals surface area contributed by atoms with Crippen LogP contribution in [0.1, 0.15) is 44.0 Å². The van der Waals surface area contributed by atoms with E-state index in [9.17, 15) is 0 Å². The van der Waals surface area contributed by atoms with Crippen LogP contribution in [0.2, 0.25) is 0 Å². The maximum Gasteiger partial charge on any atom is 0.0620 e. The molecule has 2 N–H and O–H groups in total. The van der Waals surface area contributed by atoms with E-state index in [2.05, 4.69) is 42.0 Å². The molecular weight excluding hydrogens is 256 g/mol. The van der Waals surface area contributed by atoms with Gasteiger partial charge in [-0.25, -0.2) is 0 Å². The lowest BCUT2D eigenvalue weighted by Gasteiger charge is -2.29. The second-order valence-corrected chi connectivity index (χ2v) is 6.37. The lowest BCUT2D eigenvalue weighted by atomic mass is 10.0. The van der Waals surface area contributed by atoms with E-state index in [1.807, 2.05) is 11.3 Å². The zero-order valence-corrected chi connectivity index (χ0v) is 12.8. The van der Waals surface area contributed by atoms with Gasteiger partial charge >= 0.3 is 0 Å². The molecule has 0 aliphatic carbocycles. The molecule has 1 aromatic heterocycles. The fourth-order valence-electron chi connectivity index (χ4n) is 2.70. The maximum atomic E-state index is 5.52. The summed E-state index contributed by atoms with van der Waals surface area (Å²) in [7, 11) is 0. The van der Waals surface area contributed by atoms with Crippen LogP contribution in [0, 0.1) is 0 Å². The molecule has 3 atom stereocenters. The minimum atomic E-state index is 0.502. The molecule has 0 aromatic carbocycles. The Morgan fingerprint density at radius 2 is 2.47 bits per heavy atom. The van der Waals surface area contributed by atoms with Gasteiger partial charge in [-0.2, -0.15) is 0 Å². The number of nitrogens with one attached hydrogen (secondary N) is 2. The van der Waals surface area contributed by atoms with Crippen molar-refractivity contribution in [3.05, 3.63) is 22.4 Å². The molecule has 0 bridgehead atoms. The number of thiophene rings is 1. The molecule has 4 heteroatoms. The SMILES string of the molecule is CCCC(NC(C)CC1COCCN1)c1cccs1. The second-order valence-electron chi connectivity index (χ2n) is 5.39. The van der Waals surface area contributed by atoms with E-state index in [4.69, 9.17) is 4.74 Å². The van der Waals surface area contributed by atoms with Gasteiger partial charge in [0.2, 0.25) is 0 Å². The van der Waals surface area contributed by atoms with Gasteiger partial charge < -0.3 is 15.4 Å². The molecular formula is C15H26N2OS. The summed E-state index contributed by atoms with van der Waals surface area (Å²) in [5, 5.41) is 9.48. The van der Waals surface area contributed by atoms with Crippen molar-refractivity contribution in [1.29, 1.82) is 0 Å². The number of morpholine rings is 1. The Balaban J connectivity index is 1.82. The molecule has 0 saturated carbocycles. The summed E-state index contributed by atoms with van der Waals surface area (Å²) in [6.45, 7) is 7.23. The highest BCUT2D eigenvalue weighted by Gasteiger charge is 2.19. The molecule has 108 valence electrons. The van der Waals surface area contributed by atoms with Crippen LogP contribution in [0.5, 0.6) is 0 Å². The molecule has 1 aromatic rings. The molecule has 2 heterocycles. The van der Waals surface area contributed by atoms with Gasteiger partial charge in [0.25, 0.3) is 0 Å². The van der Waals surface area contributed by atoms with Gasteiger partial charge in [0, 0.05) is 29.5 Å². The van der Waals surface area contributed by atoms with E-state index in [0.29, 0.717) is 18.1 Å². The summed E-state index contributed by atoms with van der Waals surface area (Å²) in [4.78, 5) is 1.46. The van der Waals surface area contributed by atoms with Gasteiger partial charge in [0.15, 0.2) is 0 Å². The average molecular weight is 282 g/mol. The smallest absolute Gasteiger partial charge is 0.0620 e. The third kappa shape index (κ3) is 4.88. The van der Waals surface area contributed by atoms with Crippen molar-refractivity contribution in [2.24, 2.45) is 0 Å². The normalized spacial score (nSPS) is 23.2. The Bertz CT molecular complexity index is 336. The highest BCUT2D eigenvalue weighted by molar-refractivity contribution is 7.10. The lowest BCUT2D eigenvalue weighted by molar-refractivity contribution is 0.0707. The molecule has 19 heavy (non-hydrogen) atoms. The van der Waals surface area contributed by atoms with Crippen molar-refractivity contribution in [2.45, 2.75) is 51.2 Å². The molecule has 0 spiro atoms. The zero-order chi connectivity index (χ0) is 13.5. The van der Waals surface area contributed by atoms with Gasteiger partial charge in [0.1, 0.15) is 0 Å². The quantitative estimate of drug-likeness (QED) is 0.807. The molecule has 1 saturated heterocycles. The fraction of sp³-hybridized carbons (Fsp3) is 0.733. The van der Waals surface area contributed by atoms with Crippen LogP contribution in [0.3, 0.4) is 0 Å². The summed E-state index contributed by atoms with van der Waals surface area (Å²) < 4.78 is 5.52. The van der Waals surface area contributed by atoms with Crippen LogP contribution in [-0.4, -0.2) is 31.8 Å². The summed E-state index contributed by atoms with van der Waals surface area (Å²) in [5.74, 6) is 0. The van der Waals surface area contributed by atoms with E-state index in [0.717, 1.165) is 26.2 Å². The van der Waals surface area contributed by atoms with Gasteiger partial charge in [-0.3, -0.25) is 0 Å². The monoisotopic (exact) mass is 282 g/mol. The second kappa shape index (κ2) is 8.00. The predicted molar refractivity (Wildman–Crippen MR) is 81.8 cm³/mol. The topological polar surface area (TPSA) is 33.3 Å². The minimum Gasteiger partial charge on any atom is -0.379 e. The Hall–Kier alpha value is -0.420. The number of ether oxygens (including phenoxy) is 1. The molecule has 0 radical (unpaired) electrons. The fourth-order valence-corrected chi connectivity index (χ4v) is 3.52. The number of rotatable bonds is 7. The van der Waals surface area contributed by atoms with E-state index in [1.54, 1.807) is 0 Å². The summed E-state index contributed by atoms with van der Waals surface area (Å²) >= 11 is 1.86. The third-order valence-electron chi connectivity index (χ3n) is 3.59. The van der Waals surface area contributed by atoms with Gasteiger partial charge in [0.05, 0.1) is 13.2 Å². The Morgan fingerprint density at radius 3 is 3.11 bits per heavy atom. The number of hydrogen-bond acceptors (Lipinski definition) is 4. The Labute approximate surface area is 120 Å². The van der Waals surface area contributed by atoms with Gasteiger partial charge in [-0.15, -0.1) is 11.3 Å². The van der Waals surface area contributed by atoms with Crippen LogP contribution in [0.4, 0.5) is 0 Å². The molecule has 2 rings (SSSR count). The molecule has 1 aliphatic heterocycles. The van der Waals surface area contributed by atoms with Crippen molar-refractivity contribution in [3.63, 3.8) is 0 Å². The largest absolute Gasteiger partial charge is 0.379 e. The van der Waals surface area contributed by atoms with Crippen molar-refractivity contribution < 1.29 is 4.74 Å². The van der Waals surface area contributed by atoms with Crippen LogP contribution < -0.4 is 10.6 Å².